The molecule has 1 aromatic carbocycles. The van der Waals surface area contributed by atoms with E-state index in [0.29, 0.717) is 42.8 Å². The predicted molar refractivity (Wildman–Crippen MR) is 118 cm³/mol. The van der Waals surface area contributed by atoms with Gasteiger partial charge in [-0.25, -0.2) is 9.79 Å². The molecule has 1 amide bonds. The summed E-state index contributed by atoms with van der Waals surface area (Å²) < 4.78 is 21.3. The number of hydrogen-bond donors (Lipinski definition) is 3. The zero-order chi connectivity index (χ0) is 22.6. The van der Waals surface area contributed by atoms with Crippen LogP contribution in [-0.2, 0) is 11.3 Å². The van der Waals surface area contributed by atoms with Crippen LogP contribution < -0.4 is 30.2 Å². The minimum absolute atomic E-state index is 0.398. The number of methoxy groups -OCH3 is 3. The highest BCUT2D eigenvalue weighted by Gasteiger charge is 2.15. The van der Waals surface area contributed by atoms with E-state index in [0.717, 1.165) is 18.5 Å². The number of carbonyl (C=O) groups is 1. The number of nitrogens with one attached hydrogen (secondary N) is 3. The van der Waals surface area contributed by atoms with Crippen LogP contribution in [0.5, 0.6) is 17.2 Å². The van der Waals surface area contributed by atoms with Gasteiger partial charge in [0.25, 0.3) is 0 Å². The number of amides is 1. The van der Waals surface area contributed by atoms with Gasteiger partial charge in [0.15, 0.2) is 17.5 Å². The quantitative estimate of drug-likeness (QED) is 0.301. The number of ether oxygens (including phenoxy) is 4. The zero-order valence-electron chi connectivity index (χ0n) is 19.2. The number of nitrogens with zero attached hydrogens (tertiary/aromatic N) is 1. The van der Waals surface area contributed by atoms with Gasteiger partial charge in [-0.15, -0.1) is 0 Å². The Labute approximate surface area is 179 Å². The molecule has 0 unspecified atom stereocenters. The number of hydrogen-bond acceptors (Lipinski definition) is 6. The molecule has 0 aliphatic carbocycles. The fourth-order valence-corrected chi connectivity index (χ4v) is 2.52. The molecule has 0 bridgehead atoms. The molecule has 0 radical (unpaired) electrons. The van der Waals surface area contributed by atoms with Crippen molar-refractivity contribution in [1.82, 2.24) is 16.0 Å². The summed E-state index contributed by atoms with van der Waals surface area (Å²) in [6.45, 7) is 9.77. The standard InChI is InChI=1S/C21H36N4O5/c1-8-22-19(23-10-9-11-24-20(26)30-21(2,3)4)25-14-15-12-17(28-6)18(29-7)13-16(15)27-5/h12-13H,8-11,14H2,1-7H3,(H,24,26)(H2,22,23,25). The molecule has 0 heterocycles. The van der Waals surface area contributed by atoms with Gasteiger partial charge in [-0.1, -0.05) is 0 Å². The largest absolute Gasteiger partial charge is 0.496 e. The van der Waals surface area contributed by atoms with E-state index in [2.05, 4.69) is 20.9 Å². The van der Waals surface area contributed by atoms with Crippen molar-refractivity contribution in [2.75, 3.05) is 41.0 Å². The van der Waals surface area contributed by atoms with Crippen molar-refractivity contribution < 1.29 is 23.7 Å². The number of aliphatic imine (C=N–C) groups is 1. The first kappa shape index (κ1) is 25.2. The van der Waals surface area contributed by atoms with E-state index in [1.54, 1.807) is 27.4 Å². The Kier molecular flexibility index (Phi) is 10.6. The van der Waals surface area contributed by atoms with Gasteiger partial charge in [0.2, 0.25) is 0 Å². The maximum absolute atomic E-state index is 11.7. The Bertz CT molecular complexity index is 701. The molecular formula is C21H36N4O5. The average Bonchev–Trinajstić information content (AvgIpc) is 2.69. The van der Waals surface area contributed by atoms with E-state index in [1.165, 1.54) is 0 Å². The normalized spacial score (nSPS) is 11.5. The van der Waals surface area contributed by atoms with Crippen LogP contribution in [0.3, 0.4) is 0 Å². The lowest BCUT2D eigenvalue weighted by molar-refractivity contribution is 0.0527. The molecule has 0 saturated heterocycles. The van der Waals surface area contributed by atoms with Crippen LogP contribution in [0.2, 0.25) is 0 Å². The predicted octanol–water partition coefficient (Wildman–Crippen LogP) is 2.68. The van der Waals surface area contributed by atoms with Gasteiger partial charge in [-0.3, -0.25) is 0 Å². The zero-order valence-corrected chi connectivity index (χ0v) is 19.2. The molecule has 30 heavy (non-hydrogen) atoms. The fraction of sp³-hybridized carbons (Fsp3) is 0.619. The number of carbonyl (C=O) groups excluding carboxylic acids is 1. The Morgan fingerprint density at radius 3 is 2.10 bits per heavy atom. The van der Waals surface area contributed by atoms with Crippen molar-refractivity contribution in [2.24, 2.45) is 4.99 Å². The third-order valence-corrected chi connectivity index (χ3v) is 3.85. The highest BCUT2D eigenvalue weighted by Crippen LogP contribution is 2.34. The van der Waals surface area contributed by atoms with E-state index in [9.17, 15) is 4.79 Å². The van der Waals surface area contributed by atoms with Crippen LogP contribution in [-0.4, -0.2) is 58.6 Å². The molecule has 0 aromatic heterocycles. The molecule has 170 valence electrons. The van der Waals surface area contributed by atoms with Gasteiger partial charge in [0, 0.05) is 31.3 Å². The van der Waals surface area contributed by atoms with Gasteiger partial charge in [0.05, 0.1) is 27.9 Å². The highest BCUT2D eigenvalue weighted by molar-refractivity contribution is 5.79. The Balaban J connectivity index is 2.63. The van der Waals surface area contributed by atoms with Crippen molar-refractivity contribution in [3.05, 3.63) is 17.7 Å². The molecule has 0 aliphatic heterocycles. The minimum atomic E-state index is -0.502. The first-order valence-electron chi connectivity index (χ1n) is 10.0. The molecule has 0 spiro atoms. The third-order valence-electron chi connectivity index (χ3n) is 3.85. The number of rotatable bonds is 10. The van der Waals surface area contributed by atoms with E-state index >= 15 is 0 Å². The molecule has 0 fully saturated rings. The molecule has 9 heteroatoms. The first-order chi connectivity index (χ1) is 14.2. The summed E-state index contributed by atoms with van der Waals surface area (Å²) in [5, 5.41) is 9.19. The summed E-state index contributed by atoms with van der Waals surface area (Å²) in [5.41, 5.74) is 0.372. The summed E-state index contributed by atoms with van der Waals surface area (Å²) >= 11 is 0. The number of guanidine groups is 1. The SMILES string of the molecule is CCNC(=NCc1cc(OC)c(OC)cc1OC)NCCCNC(=O)OC(C)(C)C. The van der Waals surface area contributed by atoms with Gasteiger partial charge in [-0.2, -0.15) is 0 Å². The maximum atomic E-state index is 11.7. The Hall–Kier alpha value is -2.84. The fourth-order valence-electron chi connectivity index (χ4n) is 2.52. The second-order valence-corrected chi connectivity index (χ2v) is 7.42. The van der Waals surface area contributed by atoms with Crippen LogP contribution in [0.15, 0.2) is 17.1 Å². The monoisotopic (exact) mass is 424 g/mol. The van der Waals surface area contributed by atoms with E-state index < -0.39 is 11.7 Å². The molecule has 1 rings (SSSR count). The number of alkyl carbamates (subject to hydrolysis) is 1. The summed E-state index contributed by atoms with van der Waals surface area (Å²) in [6.07, 6.45) is 0.312. The van der Waals surface area contributed by atoms with Crippen molar-refractivity contribution in [3.8, 4) is 17.2 Å². The molecule has 1 aromatic rings. The second kappa shape index (κ2) is 12.7. The maximum Gasteiger partial charge on any atom is 0.407 e. The average molecular weight is 425 g/mol. The lowest BCUT2D eigenvalue weighted by Crippen LogP contribution is -2.39. The topological polar surface area (TPSA) is 102 Å². The number of benzene rings is 1. The van der Waals surface area contributed by atoms with Crippen molar-refractivity contribution in [3.63, 3.8) is 0 Å². The van der Waals surface area contributed by atoms with Crippen LogP contribution in [0.25, 0.3) is 0 Å². The Morgan fingerprint density at radius 1 is 0.933 bits per heavy atom. The van der Waals surface area contributed by atoms with E-state index in [4.69, 9.17) is 18.9 Å². The molecule has 0 aliphatic rings. The second-order valence-electron chi connectivity index (χ2n) is 7.42. The van der Waals surface area contributed by atoms with E-state index in [-0.39, 0.29) is 0 Å². The van der Waals surface area contributed by atoms with Crippen molar-refractivity contribution >= 4 is 12.1 Å². The molecule has 9 nitrogen and oxygen atoms in total. The summed E-state index contributed by atoms with van der Waals surface area (Å²) in [4.78, 5) is 16.3. The van der Waals surface area contributed by atoms with Gasteiger partial charge < -0.3 is 34.9 Å². The minimum Gasteiger partial charge on any atom is -0.496 e. The molecule has 0 saturated carbocycles. The van der Waals surface area contributed by atoms with Gasteiger partial charge in [-0.05, 0) is 40.2 Å². The third kappa shape index (κ3) is 9.11. The van der Waals surface area contributed by atoms with Crippen LogP contribution >= 0.6 is 0 Å². The van der Waals surface area contributed by atoms with Crippen LogP contribution in [0, 0.1) is 0 Å². The first-order valence-corrected chi connectivity index (χ1v) is 10.0. The van der Waals surface area contributed by atoms with Crippen LogP contribution in [0.4, 0.5) is 4.79 Å². The smallest absolute Gasteiger partial charge is 0.407 e. The van der Waals surface area contributed by atoms with Crippen LogP contribution in [0.1, 0.15) is 39.7 Å². The van der Waals surface area contributed by atoms with Gasteiger partial charge in [0.1, 0.15) is 11.4 Å². The van der Waals surface area contributed by atoms with Crippen molar-refractivity contribution in [1.29, 1.82) is 0 Å². The lowest BCUT2D eigenvalue weighted by Gasteiger charge is -2.19. The molecule has 3 N–H and O–H groups in total. The van der Waals surface area contributed by atoms with Crippen molar-refractivity contribution in [2.45, 2.75) is 46.3 Å². The van der Waals surface area contributed by atoms with E-state index in [1.807, 2.05) is 33.8 Å². The summed E-state index contributed by atoms with van der Waals surface area (Å²) in [7, 11) is 4.78. The lowest BCUT2D eigenvalue weighted by atomic mass is 10.1. The summed E-state index contributed by atoms with van der Waals surface area (Å²) in [5.74, 6) is 2.57. The Morgan fingerprint density at radius 2 is 1.53 bits per heavy atom. The molecular weight excluding hydrogens is 388 g/mol. The summed E-state index contributed by atoms with van der Waals surface area (Å²) in [6, 6.07) is 3.64. The molecule has 0 atom stereocenters. The van der Waals surface area contributed by atoms with Gasteiger partial charge >= 0.3 is 6.09 Å². The highest BCUT2D eigenvalue weighted by atomic mass is 16.6.